The Morgan fingerprint density at radius 1 is 1.31 bits per heavy atom. The predicted octanol–water partition coefficient (Wildman–Crippen LogP) is -2.82. The summed E-state index contributed by atoms with van der Waals surface area (Å²) in [5.74, 6) is -5.39. The normalized spacial score (nSPS) is 12.7. The number of carboxylic acids is 1. The summed E-state index contributed by atoms with van der Waals surface area (Å²) in [7, 11) is 0. The minimum absolute atomic E-state index is 0. The van der Waals surface area contributed by atoms with Crippen LogP contribution in [0.15, 0.2) is 24.3 Å². The van der Waals surface area contributed by atoms with Crippen molar-refractivity contribution < 1.29 is 41.9 Å². The molecular formula is C9H10ClF2NO3. The Morgan fingerprint density at radius 3 is 2.12 bits per heavy atom. The first-order valence-corrected chi connectivity index (χ1v) is 4.09. The summed E-state index contributed by atoms with van der Waals surface area (Å²) in [6, 6.07) is 2.02. The molecule has 0 aromatic heterocycles. The maximum absolute atomic E-state index is 13.4. The van der Waals surface area contributed by atoms with E-state index >= 15 is 0 Å². The second-order valence-corrected chi connectivity index (χ2v) is 3.06. The van der Waals surface area contributed by atoms with Crippen molar-refractivity contribution >= 4 is 5.97 Å². The molecule has 0 fully saturated rings. The summed E-state index contributed by atoms with van der Waals surface area (Å²) in [5.41, 5.74) is 2.41. The summed E-state index contributed by atoms with van der Waals surface area (Å²) >= 11 is 0. The monoisotopic (exact) mass is 253 g/mol. The average molecular weight is 254 g/mol. The highest BCUT2D eigenvalue weighted by Gasteiger charge is 2.47. The van der Waals surface area contributed by atoms with Gasteiger partial charge >= 0.3 is 11.9 Å². The van der Waals surface area contributed by atoms with E-state index in [4.69, 9.17) is 10.2 Å². The number of phenols is 1. The Labute approximate surface area is 96.1 Å². The Hall–Kier alpha value is -1.40. The lowest BCUT2D eigenvalue weighted by Gasteiger charge is -2.17. The number of hydrogen-bond acceptors (Lipinski definition) is 2. The zero-order valence-electron chi connectivity index (χ0n) is 8.03. The summed E-state index contributed by atoms with van der Waals surface area (Å²) in [4.78, 5) is 10.4. The molecule has 5 N–H and O–H groups in total. The maximum Gasteiger partial charge on any atom is 0.369 e. The van der Waals surface area contributed by atoms with Crippen LogP contribution < -0.4 is 18.1 Å². The first-order chi connectivity index (χ1) is 6.85. The van der Waals surface area contributed by atoms with Gasteiger partial charge in [-0.2, -0.15) is 8.78 Å². The van der Waals surface area contributed by atoms with Crippen molar-refractivity contribution in [1.29, 1.82) is 0 Å². The van der Waals surface area contributed by atoms with Gasteiger partial charge in [-0.25, -0.2) is 4.79 Å². The number of rotatable bonds is 3. The number of phenolic OH excluding ortho intramolecular Hbond substituents is 1. The van der Waals surface area contributed by atoms with E-state index in [0.717, 1.165) is 24.3 Å². The van der Waals surface area contributed by atoms with Crippen LogP contribution in [0.5, 0.6) is 5.75 Å². The molecule has 0 heterocycles. The number of benzene rings is 1. The van der Waals surface area contributed by atoms with Crippen LogP contribution in [-0.4, -0.2) is 22.2 Å². The number of halogens is 3. The van der Waals surface area contributed by atoms with Gasteiger partial charge in [0.15, 0.2) is 0 Å². The fraction of sp³-hybridized carbons (Fsp3) is 0.222. The Kier molecular flexibility index (Phi) is 4.64. The molecule has 0 saturated heterocycles. The van der Waals surface area contributed by atoms with Crippen LogP contribution >= 0.6 is 0 Å². The molecule has 0 bridgehead atoms. The molecule has 0 aliphatic rings. The average Bonchev–Trinajstić information content (AvgIpc) is 2.17. The number of aliphatic carboxylic acids is 1. The molecule has 1 unspecified atom stereocenters. The van der Waals surface area contributed by atoms with Gasteiger partial charge in [0.1, 0.15) is 5.75 Å². The second kappa shape index (κ2) is 5.09. The van der Waals surface area contributed by atoms with E-state index < -0.39 is 23.5 Å². The van der Waals surface area contributed by atoms with Gasteiger partial charge in [0.25, 0.3) is 6.04 Å². The fourth-order valence-electron chi connectivity index (χ4n) is 1.04. The molecule has 0 amide bonds. The highest BCUT2D eigenvalue weighted by molar-refractivity contribution is 5.73. The van der Waals surface area contributed by atoms with Crippen LogP contribution in [0.1, 0.15) is 5.56 Å². The quantitative estimate of drug-likeness (QED) is 0.543. The van der Waals surface area contributed by atoms with Crippen LogP contribution in [0.3, 0.4) is 0 Å². The van der Waals surface area contributed by atoms with Gasteiger partial charge in [-0.3, -0.25) is 0 Å². The Balaban J connectivity index is 0.00000225. The van der Waals surface area contributed by atoms with Gasteiger partial charge in [0.05, 0.1) is 0 Å². The maximum atomic E-state index is 13.4. The van der Waals surface area contributed by atoms with E-state index in [0.29, 0.717) is 0 Å². The molecule has 4 nitrogen and oxygen atoms in total. The lowest BCUT2D eigenvalue weighted by molar-refractivity contribution is -0.451. The molecule has 1 atom stereocenters. The van der Waals surface area contributed by atoms with Crippen LogP contribution in [-0.2, 0) is 10.7 Å². The Bertz CT molecular complexity index is 370. The lowest BCUT2D eigenvalue weighted by Crippen LogP contribution is -3.00. The third-order valence-electron chi connectivity index (χ3n) is 1.99. The molecule has 0 aliphatic carbocycles. The first kappa shape index (κ1) is 14.6. The third kappa shape index (κ3) is 2.80. The molecule has 16 heavy (non-hydrogen) atoms. The molecule has 0 aliphatic heterocycles. The molecule has 0 saturated carbocycles. The lowest BCUT2D eigenvalue weighted by atomic mass is 10.0. The van der Waals surface area contributed by atoms with E-state index in [1.165, 1.54) is 0 Å². The van der Waals surface area contributed by atoms with Crippen molar-refractivity contribution in [1.82, 2.24) is 0 Å². The molecule has 1 rings (SSSR count). The summed E-state index contributed by atoms with van der Waals surface area (Å²) in [6.07, 6.45) is 0. The highest BCUT2D eigenvalue weighted by Crippen LogP contribution is 2.31. The standard InChI is InChI=1S/C9H9F2NO3.ClH/c10-9(11,7(12)8(14)15)5-1-3-6(13)4-2-5;/h1-4,7,13H,12H2,(H,14,15);1H. The molecule has 7 heteroatoms. The molecular weight excluding hydrogens is 244 g/mol. The van der Waals surface area contributed by atoms with Crippen molar-refractivity contribution in [3.05, 3.63) is 29.8 Å². The van der Waals surface area contributed by atoms with Crippen molar-refractivity contribution in [3.63, 3.8) is 0 Å². The van der Waals surface area contributed by atoms with Gasteiger partial charge in [0, 0.05) is 5.56 Å². The van der Waals surface area contributed by atoms with Crippen LogP contribution in [0.2, 0.25) is 0 Å². The van der Waals surface area contributed by atoms with Crippen molar-refractivity contribution in [2.75, 3.05) is 0 Å². The van der Waals surface area contributed by atoms with Gasteiger partial charge in [-0.15, -0.1) is 0 Å². The topological polar surface area (TPSA) is 85.2 Å². The zero-order chi connectivity index (χ0) is 11.6. The Morgan fingerprint density at radius 2 is 1.75 bits per heavy atom. The number of quaternary nitrogens is 1. The number of alkyl halides is 2. The molecule has 1 aromatic carbocycles. The first-order valence-electron chi connectivity index (χ1n) is 4.09. The number of carbonyl (C=O) groups is 1. The molecule has 1 aromatic rings. The fourth-order valence-corrected chi connectivity index (χ4v) is 1.04. The highest BCUT2D eigenvalue weighted by atomic mass is 35.5. The van der Waals surface area contributed by atoms with Crippen molar-refractivity contribution in [2.45, 2.75) is 12.0 Å². The van der Waals surface area contributed by atoms with Gasteiger partial charge in [-0.05, 0) is 24.3 Å². The minimum Gasteiger partial charge on any atom is -1.00 e. The van der Waals surface area contributed by atoms with E-state index in [1.807, 2.05) is 0 Å². The second-order valence-electron chi connectivity index (χ2n) is 3.06. The summed E-state index contributed by atoms with van der Waals surface area (Å²) in [6.45, 7) is 0. The molecule has 0 spiro atoms. The molecule has 90 valence electrons. The van der Waals surface area contributed by atoms with E-state index in [1.54, 1.807) is 0 Å². The van der Waals surface area contributed by atoms with Crippen LogP contribution in [0.4, 0.5) is 8.78 Å². The van der Waals surface area contributed by atoms with Gasteiger partial charge in [0.2, 0.25) is 0 Å². The van der Waals surface area contributed by atoms with Gasteiger partial charge in [-0.1, -0.05) is 0 Å². The van der Waals surface area contributed by atoms with Crippen LogP contribution in [0.25, 0.3) is 0 Å². The van der Waals surface area contributed by atoms with Crippen molar-refractivity contribution in [2.24, 2.45) is 0 Å². The predicted molar refractivity (Wildman–Crippen MR) is 46.3 cm³/mol. The summed E-state index contributed by atoms with van der Waals surface area (Å²) in [5, 5.41) is 17.3. The smallest absolute Gasteiger partial charge is 0.369 e. The SMILES string of the molecule is [Cl-].[NH3+]C(C(=O)O)C(F)(F)c1ccc(O)cc1. The number of aromatic hydroxyl groups is 1. The number of hydrogen-bond donors (Lipinski definition) is 3. The zero-order valence-corrected chi connectivity index (χ0v) is 8.79. The van der Waals surface area contributed by atoms with Crippen molar-refractivity contribution in [3.8, 4) is 5.75 Å². The van der Waals surface area contributed by atoms with Crippen LogP contribution in [0, 0.1) is 0 Å². The number of carboxylic acid groups (broad SMARTS) is 1. The third-order valence-corrected chi connectivity index (χ3v) is 1.99. The minimum atomic E-state index is -3.56. The molecule has 0 radical (unpaired) electrons. The van der Waals surface area contributed by atoms with E-state index in [-0.39, 0.29) is 18.2 Å². The van der Waals surface area contributed by atoms with Gasteiger partial charge < -0.3 is 28.4 Å². The summed E-state index contributed by atoms with van der Waals surface area (Å²) < 4.78 is 26.8. The van der Waals surface area contributed by atoms with E-state index in [9.17, 15) is 13.6 Å². The van der Waals surface area contributed by atoms with E-state index in [2.05, 4.69) is 5.73 Å². The largest absolute Gasteiger partial charge is 1.00 e.